The van der Waals surface area contributed by atoms with Gasteiger partial charge in [0, 0.05) is 13.1 Å². The van der Waals surface area contributed by atoms with Crippen molar-refractivity contribution >= 4 is 5.91 Å². The normalized spacial score (nSPS) is 20.1. The number of carbonyl (C=O) groups is 1. The van der Waals surface area contributed by atoms with Crippen LogP contribution in [0.3, 0.4) is 0 Å². The van der Waals surface area contributed by atoms with Crippen molar-refractivity contribution in [1.82, 2.24) is 10.2 Å². The van der Waals surface area contributed by atoms with Crippen molar-refractivity contribution in [3.05, 3.63) is 23.8 Å². The second kappa shape index (κ2) is 5.71. The maximum absolute atomic E-state index is 12.4. The van der Waals surface area contributed by atoms with Crippen LogP contribution in [0, 0.1) is 0 Å². The van der Waals surface area contributed by atoms with Gasteiger partial charge >= 0.3 is 0 Å². The van der Waals surface area contributed by atoms with Crippen molar-refractivity contribution in [2.45, 2.75) is 32.4 Å². The number of likely N-dealkylation sites (N-methyl/N-ethyl adjacent to an activating group) is 1. The molecule has 1 amide bonds. The van der Waals surface area contributed by atoms with E-state index in [-0.39, 0.29) is 18.7 Å². The molecule has 5 heteroatoms. The van der Waals surface area contributed by atoms with Crippen molar-refractivity contribution in [2.24, 2.45) is 0 Å². The molecule has 0 radical (unpaired) electrons. The van der Waals surface area contributed by atoms with E-state index < -0.39 is 0 Å². The Kier molecular flexibility index (Phi) is 3.78. The Morgan fingerprint density at radius 1 is 1.40 bits per heavy atom. The van der Waals surface area contributed by atoms with E-state index in [0.29, 0.717) is 13.1 Å². The van der Waals surface area contributed by atoms with Crippen molar-refractivity contribution in [1.29, 1.82) is 0 Å². The molecule has 1 aromatic rings. The molecule has 1 fully saturated rings. The lowest BCUT2D eigenvalue weighted by Gasteiger charge is -2.24. The van der Waals surface area contributed by atoms with Crippen LogP contribution < -0.4 is 14.8 Å². The maximum Gasteiger partial charge on any atom is 0.239 e. The molecule has 0 aromatic heterocycles. The first-order chi connectivity index (χ1) is 9.78. The lowest BCUT2D eigenvalue weighted by molar-refractivity contribution is -0.133. The van der Waals surface area contributed by atoms with E-state index >= 15 is 0 Å². The summed E-state index contributed by atoms with van der Waals surface area (Å²) in [6.45, 7) is 4.56. The van der Waals surface area contributed by atoms with E-state index in [1.165, 1.54) is 0 Å². The lowest BCUT2D eigenvalue weighted by Crippen LogP contribution is -2.43. The van der Waals surface area contributed by atoms with Gasteiger partial charge in [0.15, 0.2) is 11.5 Å². The van der Waals surface area contributed by atoms with Crippen molar-refractivity contribution in [3.8, 4) is 11.5 Å². The van der Waals surface area contributed by atoms with Crippen LogP contribution in [0.15, 0.2) is 18.2 Å². The number of nitrogens with one attached hydrogen (secondary N) is 1. The highest BCUT2D eigenvalue weighted by atomic mass is 16.7. The molecule has 2 aliphatic rings. The van der Waals surface area contributed by atoms with Gasteiger partial charge in [0.2, 0.25) is 12.7 Å². The Labute approximate surface area is 118 Å². The van der Waals surface area contributed by atoms with Crippen LogP contribution in [-0.2, 0) is 11.3 Å². The standard InChI is InChI=1S/C15H20N2O3/c1-2-17(15(18)12-4-3-7-16-12)9-11-5-6-13-14(8-11)20-10-19-13/h5-6,8,12,16H,2-4,7,9-10H2,1H3. The first-order valence-electron chi connectivity index (χ1n) is 7.18. The summed E-state index contributed by atoms with van der Waals surface area (Å²) < 4.78 is 10.7. The van der Waals surface area contributed by atoms with Crippen LogP contribution in [0.5, 0.6) is 11.5 Å². The minimum atomic E-state index is -0.0102. The zero-order valence-corrected chi connectivity index (χ0v) is 11.7. The summed E-state index contributed by atoms with van der Waals surface area (Å²) in [5, 5.41) is 3.26. The fraction of sp³-hybridized carbons (Fsp3) is 0.533. The number of nitrogens with zero attached hydrogens (tertiary/aromatic N) is 1. The molecular formula is C15H20N2O3. The summed E-state index contributed by atoms with van der Waals surface area (Å²) in [6.07, 6.45) is 2.02. The molecule has 2 aliphatic heterocycles. The average Bonchev–Trinajstić information content (AvgIpc) is 3.14. The second-order valence-electron chi connectivity index (χ2n) is 5.19. The number of hydrogen-bond acceptors (Lipinski definition) is 4. The Hall–Kier alpha value is -1.75. The third-order valence-electron chi connectivity index (χ3n) is 3.86. The Bertz CT molecular complexity index is 498. The summed E-state index contributed by atoms with van der Waals surface area (Å²) in [7, 11) is 0. The van der Waals surface area contributed by atoms with Gasteiger partial charge in [-0.05, 0) is 44.0 Å². The number of fused-ring (bicyclic) bond motifs is 1. The zero-order valence-electron chi connectivity index (χ0n) is 11.7. The largest absolute Gasteiger partial charge is 0.454 e. The van der Waals surface area contributed by atoms with E-state index in [9.17, 15) is 4.79 Å². The SMILES string of the molecule is CCN(Cc1ccc2c(c1)OCO2)C(=O)C1CCCN1. The van der Waals surface area contributed by atoms with Gasteiger partial charge in [-0.15, -0.1) is 0 Å². The molecule has 108 valence electrons. The number of ether oxygens (including phenoxy) is 2. The van der Waals surface area contributed by atoms with E-state index in [0.717, 1.165) is 36.4 Å². The van der Waals surface area contributed by atoms with Gasteiger partial charge in [0.05, 0.1) is 6.04 Å². The van der Waals surface area contributed by atoms with Crippen LogP contribution in [0.1, 0.15) is 25.3 Å². The average molecular weight is 276 g/mol. The minimum Gasteiger partial charge on any atom is -0.454 e. The highest BCUT2D eigenvalue weighted by molar-refractivity contribution is 5.82. The number of hydrogen-bond donors (Lipinski definition) is 1. The minimum absolute atomic E-state index is 0.0102. The molecule has 1 atom stereocenters. The lowest BCUT2D eigenvalue weighted by atomic mass is 10.1. The van der Waals surface area contributed by atoms with E-state index in [4.69, 9.17) is 9.47 Å². The van der Waals surface area contributed by atoms with Crippen molar-refractivity contribution in [2.75, 3.05) is 19.9 Å². The summed E-state index contributed by atoms with van der Waals surface area (Å²) >= 11 is 0. The molecule has 0 spiro atoms. The summed E-state index contributed by atoms with van der Waals surface area (Å²) in [6, 6.07) is 5.85. The molecule has 0 bridgehead atoms. The van der Waals surface area contributed by atoms with E-state index in [2.05, 4.69) is 5.32 Å². The summed E-state index contributed by atoms with van der Waals surface area (Å²) in [5.41, 5.74) is 1.07. The number of rotatable bonds is 4. The predicted octanol–water partition coefficient (Wildman–Crippen LogP) is 1.52. The monoisotopic (exact) mass is 276 g/mol. The zero-order chi connectivity index (χ0) is 13.9. The summed E-state index contributed by atoms with van der Waals surface area (Å²) in [4.78, 5) is 14.3. The van der Waals surface area contributed by atoms with Gasteiger partial charge in [-0.25, -0.2) is 0 Å². The van der Waals surface area contributed by atoms with Gasteiger partial charge in [-0.3, -0.25) is 4.79 Å². The molecule has 1 N–H and O–H groups in total. The second-order valence-corrected chi connectivity index (χ2v) is 5.19. The molecule has 2 heterocycles. The molecule has 5 nitrogen and oxygen atoms in total. The van der Waals surface area contributed by atoms with E-state index in [1.807, 2.05) is 30.0 Å². The summed E-state index contributed by atoms with van der Waals surface area (Å²) in [5.74, 6) is 1.74. The van der Waals surface area contributed by atoms with Crippen LogP contribution >= 0.6 is 0 Å². The topological polar surface area (TPSA) is 50.8 Å². The number of amides is 1. The quantitative estimate of drug-likeness (QED) is 0.906. The molecule has 0 aliphatic carbocycles. The maximum atomic E-state index is 12.4. The Morgan fingerprint density at radius 3 is 3.00 bits per heavy atom. The van der Waals surface area contributed by atoms with Gasteiger partial charge in [0.25, 0.3) is 0 Å². The first kappa shape index (κ1) is 13.2. The molecule has 1 aromatic carbocycles. The van der Waals surface area contributed by atoms with Gasteiger partial charge in [-0.1, -0.05) is 6.07 Å². The third-order valence-corrected chi connectivity index (χ3v) is 3.86. The predicted molar refractivity (Wildman–Crippen MR) is 74.7 cm³/mol. The highest BCUT2D eigenvalue weighted by Gasteiger charge is 2.26. The van der Waals surface area contributed by atoms with Crippen LogP contribution in [-0.4, -0.2) is 36.7 Å². The molecular weight excluding hydrogens is 256 g/mol. The van der Waals surface area contributed by atoms with Crippen LogP contribution in [0.4, 0.5) is 0 Å². The van der Waals surface area contributed by atoms with Gasteiger partial charge < -0.3 is 19.7 Å². The van der Waals surface area contributed by atoms with Crippen molar-refractivity contribution < 1.29 is 14.3 Å². The van der Waals surface area contributed by atoms with Gasteiger partial charge in [0.1, 0.15) is 0 Å². The number of benzene rings is 1. The molecule has 1 unspecified atom stereocenters. The molecule has 0 saturated carbocycles. The molecule has 20 heavy (non-hydrogen) atoms. The Morgan fingerprint density at radius 2 is 2.25 bits per heavy atom. The molecule has 3 rings (SSSR count). The van der Waals surface area contributed by atoms with Crippen molar-refractivity contribution in [3.63, 3.8) is 0 Å². The third kappa shape index (κ3) is 2.58. The Balaban J connectivity index is 1.69. The first-order valence-corrected chi connectivity index (χ1v) is 7.18. The molecule has 1 saturated heterocycles. The van der Waals surface area contributed by atoms with Gasteiger partial charge in [-0.2, -0.15) is 0 Å². The fourth-order valence-corrected chi connectivity index (χ4v) is 2.72. The van der Waals surface area contributed by atoms with Crippen LogP contribution in [0.2, 0.25) is 0 Å². The van der Waals surface area contributed by atoms with E-state index in [1.54, 1.807) is 0 Å². The number of carbonyl (C=O) groups excluding carboxylic acids is 1. The fourth-order valence-electron chi connectivity index (χ4n) is 2.72. The highest BCUT2D eigenvalue weighted by Crippen LogP contribution is 2.32. The van der Waals surface area contributed by atoms with Crippen LogP contribution in [0.25, 0.3) is 0 Å². The smallest absolute Gasteiger partial charge is 0.239 e.